The third-order valence-corrected chi connectivity index (χ3v) is 5.54. The predicted octanol–water partition coefficient (Wildman–Crippen LogP) is 6.00. The zero-order valence-electron chi connectivity index (χ0n) is 13.0. The van der Waals surface area contributed by atoms with Crippen LogP contribution in [-0.4, -0.2) is 18.0 Å². The average Bonchev–Trinajstić information content (AvgIpc) is 2.60. The van der Waals surface area contributed by atoms with Crippen LogP contribution in [0.1, 0.15) is 5.56 Å². The molecule has 0 spiro atoms. The van der Waals surface area contributed by atoms with Gasteiger partial charge in [0.15, 0.2) is 0 Å². The Morgan fingerprint density at radius 2 is 2.00 bits per heavy atom. The monoisotopic (exact) mass is 429 g/mol. The minimum Gasteiger partial charge on any atom is -0.305 e. The molecule has 0 unspecified atom stereocenters. The standard InChI is InChI=1S/C17H11Cl3FN3OS/c18-10-1-3-13(19)14(5-10)23-17(25)24-22-7-9-8-26-15-4-2-11(21)6-12(15)16(9)20/h1-7H,8H2,(H2,23,24,25)/b22-7+. The second-order valence-electron chi connectivity index (χ2n) is 5.22. The summed E-state index contributed by atoms with van der Waals surface area (Å²) in [7, 11) is 0. The molecule has 26 heavy (non-hydrogen) atoms. The van der Waals surface area contributed by atoms with Gasteiger partial charge in [-0.2, -0.15) is 5.10 Å². The van der Waals surface area contributed by atoms with Crippen molar-refractivity contribution in [2.45, 2.75) is 4.90 Å². The molecule has 0 fully saturated rings. The van der Waals surface area contributed by atoms with Gasteiger partial charge in [0.1, 0.15) is 5.82 Å². The van der Waals surface area contributed by atoms with E-state index >= 15 is 0 Å². The molecule has 0 saturated carbocycles. The third kappa shape index (κ3) is 4.51. The molecule has 2 aromatic carbocycles. The van der Waals surface area contributed by atoms with Gasteiger partial charge < -0.3 is 5.32 Å². The number of hydrazone groups is 1. The Hall–Kier alpha value is -1.73. The van der Waals surface area contributed by atoms with Crippen LogP contribution < -0.4 is 10.7 Å². The minimum absolute atomic E-state index is 0.349. The zero-order chi connectivity index (χ0) is 18.7. The Balaban J connectivity index is 1.67. The van der Waals surface area contributed by atoms with E-state index in [-0.39, 0.29) is 5.82 Å². The molecule has 2 aromatic rings. The van der Waals surface area contributed by atoms with Crippen LogP contribution in [0, 0.1) is 5.82 Å². The lowest BCUT2D eigenvalue weighted by Crippen LogP contribution is -2.24. The van der Waals surface area contributed by atoms with Gasteiger partial charge in [-0.25, -0.2) is 14.6 Å². The number of benzene rings is 2. The Bertz CT molecular complexity index is 933. The summed E-state index contributed by atoms with van der Waals surface area (Å²) in [6.45, 7) is 0. The van der Waals surface area contributed by atoms with E-state index in [1.807, 2.05) is 0 Å². The summed E-state index contributed by atoms with van der Waals surface area (Å²) in [5.74, 6) is 0.196. The van der Waals surface area contributed by atoms with Gasteiger partial charge in [0.2, 0.25) is 0 Å². The van der Waals surface area contributed by atoms with Crippen molar-refractivity contribution in [2.24, 2.45) is 5.10 Å². The van der Waals surface area contributed by atoms with Crippen LogP contribution in [0.15, 0.2) is 52.0 Å². The van der Waals surface area contributed by atoms with Gasteiger partial charge in [-0.1, -0.05) is 34.8 Å². The van der Waals surface area contributed by atoms with Crippen LogP contribution in [0.4, 0.5) is 14.9 Å². The van der Waals surface area contributed by atoms with Crippen molar-refractivity contribution in [1.29, 1.82) is 0 Å². The lowest BCUT2D eigenvalue weighted by Gasteiger charge is -2.16. The number of hydrogen-bond acceptors (Lipinski definition) is 3. The lowest BCUT2D eigenvalue weighted by molar-refractivity contribution is 0.252. The van der Waals surface area contributed by atoms with Crippen LogP contribution in [0.5, 0.6) is 0 Å². The molecule has 0 aromatic heterocycles. The van der Waals surface area contributed by atoms with E-state index < -0.39 is 6.03 Å². The van der Waals surface area contributed by atoms with Crippen molar-refractivity contribution in [1.82, 2.24) is 5.43 Å². The zero-order valence-corrected chi connectivity index (χ0v) is 16.1. The number of urea groups is 1. The summed E-state index contributed by atoms with van der Waals surface area (Å²) < 4.78 is 13.4. The highest BCUT2D eigenvalue weighted by Gasteiger charge is 2.18. The summed E-state index contributed by atoms with van der Waals surface area (Å²) >= 11 is 19.7. The maximum absolute atomic E-state index is 13.4. The molecule has 2 N–H and O–H groups in total. The maximum Gasteiger partial charge on any atom is 0.339 e. The summed E-state index contributed by atoms with van der Waals surface area (Å²) in [4.78, 5) is 12.8. The quantitative estimate of drug-likeness (QED) is 0.464. The molecule has 134 valence electrons. The maximum atomic E-state index is 13.4. The van der Waals surface area contributed by atoms with Gasteiger partial charge in [-0.05, 0) is 36.4 Å². The second kappa shape index (κ2) is 8.31. The number of rotatable bonds is 3. The van der Waals surface area contributed by atoms with Crippen molar-refractivity contribution in [3.8, 4) is 0 Å². The Kier molecular flexibility index (Phi) is 6.09. The fourth-order valence-corrected chi connectivity index (χ4v) is 3.95. The minimum atomic E-state index is -0.586. The highest BCUT2D eigenvalue weighted by atomic mass is 35.5. The molecule has 9 heteroatoms. The molecule has 4 nitrogen and oxygen atoms in total. The third-order valence-electron chi connectivity index (χ3n) is 3.41. The van der Waals surface area contributed by atoms with Crippen LogP contribution >= 0.6 is 46.6 Å². The van der Waals surface area contributed by atoms with Gasteiger partial charge >= 0.3 is 6.03 Å². The number of nitrogens with zero attached hydrogens (tertiary/aromatic N) is 1. The molecule has 1 aliphatic rings. The van der Waals surface area contributed by atoms with E-state index in [2.05, 4.69) is 15.8 Å². The van der Waals surface area contributed by atoms with Crippen molar-refractivity contribution in [3.05, 3.63) is 63.4 Å². The SMILES string of the molecule is O=C(N/N=C/C1=C(Cl)c2cc(F)ccc2SC1)Nc1cc(Cl)ccc1Cl. The van der Waals surface area contributed by atoms with E-state index in [0.29, 0.717) is 37.7 Å². The van der Waals surface area contributed by atoms with E-state index in [9.17, 15) is 9.18 Å². The van der Waals surface area contributed by atoms with E-state index in [1.165, 1.54) is 36.2 Å². The highest BCUT2D eigenvalue weighted by molar-refractivity contribution is 7.99. The van der Waals surface area contributed by atoms with E-state index in [1.54, 1.807) is 18.2 Å². The van der Waals surface area contributed by atoms with Gasteiger partial charge in [0, 0.05) is 26.8 Å². The molecule has 0 bridgehead atoms. The molecule has 1 heterocycles. The average molecular weight is 431 g/mol. The number of fused-ring (bicyclic) bond motifs is 1. The number of anilines is 1. The summed E-state index contributed by atoms with van der Waals surface area (Å²) in [5, 5.41) is 7.61. The fourth-order valence-electron chi connectivity index (χ4n) is 2.20. The topological polar surface area (TPSA) is 53.5 Å². The Labute approximate surface area is 168 Å². The molecule has 0 atom stereocenters. The smallest absolute Gasteiger partial charge is 0.305 e. The molecule has 3 rings (SSSR count). The van der Waals surface area contributed by atoms with Gasteiger partial charge in [-0.15, -0.1) is 11.8 Å². The van der Waals surface area contributed by atoms with Crippen LogP contribution in [-0.2, 0) is 0 Å². The summed E-state index contributed by atoms with van der Waals surface area (Å²) in [6.07, 6.45) is 1.43. The predicted molar refractivity (Wildman–Crippen MR) is 107 cm³/mol. The van der Waals surface area contributed by atoms with Crippen molar-refractivity contribution < 1.29 is 9.18 Å². The van der Waals surface area contributed by atoms with Crippen molar-refractivity contribution in [2.75, 3.05) is 11.1 Å². The van der Waals surface area contributed by atoms with Crippen molar-refractivity contribution >= 4 is 69.5 Å². The highest BCUT2D eigenvalue weighted by Crippen LogP contribution is 2.38. The Morgan fingerprint density at radius 3 is 2.81 bits per heavy atom. The first-order valence-corrected chi connectivity index (χ1v) is 9.42. The van der Waals surface area contributed by atoms with Crippen molar-refractivity contribution in [3.63, 3.8) is 0 Å². The number of nitrogens with one attached hydrogen (secondary N) is 2. The van der Waals surface area contributed by atoms with Crippen LogP contribution in [0.2, 0.25) is 10.0 Å². The summed E-state index contributed by atoms with van der Waals surface area (Å²) in [5.41, 5.74) is 3.97. The molecule has 0 saturated heterocycles. The van der Waals surface area contributed by atoms with Gasteiger partial charge in [0.25, 0.3) is 0 Å². The molecular formula is C17H11Cl3FN3OS. The second-order valence-corrected chi connectivity index (χ2v) is 7.46. The first kappa shape index (κ1) is 19.0. The largest absolute Gasteiger partial charge is 0.339 e. The first-order valence-electron chi connectivity index (χ1n) is 7.30. The molecule has 1 aliphatic heterocycles. The van der Waals surface area contributed by atoms with E-state index in [0.717, 1.165) is 4.90 Å². The van der Waals surface area contributed by atoms with Crippen LogP contribution in [0.3, 0.4) is 0 Å². The lowest BCUT2D eigenvalue weighted by atomic mass is 10.1. The molecule has 0 aliphatic carbocycles. The summed E-state index contributed by atoms with van der Waals surface area (Å²) in [6, 6.07) is 8.57. The number of thioether (sulfide) groups is 1. The van der Waals surface area contributed by atoms with Gasteiger partial charge in [0.05, 0.1) is 22.0 Å². The Morgan fingerprint density at radius 1 is 1.19 bits per heavy atom. The number of amides is 2. The number of carbonyl (C=O) groups is 1. The molecular weight excluding hydrogens is 420 g/mol. The molecule has 0 radical (unpaired) electrons. The normalized spacial score (nSPS) is 13.7. The number of carbonyl (C=O) groups excluding carboxylic acids is 1. The molecule has 2 amide bonds. The van der Waals surface area contributed by atoms with Crippen LogP contribution in [0.25, 0.3) is 5.03 Å². The van der Waals surface area contributed by atoms with E-state index in [4.69, 9.17) is 34.8 Å². The fraction of sp³-hybridized carbons (Fsp3) is 0.0588. The van der Waals surface area contributed by atoms with Gasteiger partial charge in [-0.3, -0.25) is 0 Å². The number of halogens is 4. The number of hydrogen-bond donors (Lipinski definition) is 2. The first-order chi connectivity index (χ1) is 12.4.